The van der Waals surface area contributed by atoms with Crippen molar-refractivity contribution in [1.29, 1.82) is 0 Å². The normalized spacial score (nSPS) is 31.5. The highest BCUT2D eigenvalue weighted by molar-refractivity contribution is 5.82. The molecule has 0 aromatic rings. The fraction of sp³-hybridized carbons (Fsp3) is 0.889. The zero-order valence-corrected chi connectivity index (χ0v) is 8.18. The summed E-state index contributed by atoms with van der Waals surface area (Å²) >= 11 is 0. The molecule has 0 aromatic carbocycles. The molecule has 0 unspecified atom stereocenters. The van der Waals surface area contributed by atoms with Crippen LogP contribution in [0, 0.1) is 11.8 Å². The van der Waals surface area contributed by atoms with Gasteiger partial charge < -0.3 is 10.2 Å². The molecular formula is C9H13F3N2O. The van der Waals surface area contributed by atoms with Crippen LogP contribution in [0.1, 0.15) is 6.42 Å². The van der Waals surface area contributed by atoms with Gasteiger partial charge in [-0.15, -0.1) is 0 Å². The number of rotatable bonds is 0. The molecule has 2 rings (SSSR count). The minimum atomic E-state index is -4.72. The van der Waals surface area contributed by atoms with Gasteiger partial charge in [0, 0.05) is 13.1 Å². The summed E-state index contributed by atoms with van der Waals surface area (Å²) in [5.74, 6) is -1.24. The number of amides is 1. The molecule has 15 heavy (non-hydrogen) atoms. The van der Waals surface area contributed by atoms with E-state index in [2.05, 4.69) is 5.32 Å². The van der Waals surface area contributed by atoms with Crippen molar-refractivity contribution in [2.45, 2.75) is 12.6 Å². The smallest absolute Gasteiger partial charge is 0.334 e. The number of carbonyl (C=O) groups excluding carboxylic acids is 1. The van der Waals surface area contributed by atoms with Crippen LogP contribution in [0.3, 0.4) is 0 Å². The Balaban J connectivity index is 2.00. The zero-order chi connectivity index (χ0) is 11.1. The molecular weight excluding hydrogens is 209 g/mol. The Hall–Kier alpha value is -0.780. The Morgan fingerprint density at radius 2 is 1.93 bits per heavy atom. The van der Waals surface area contributed by atoms with Gasteiger partial charge >= 0.3 is 12.1 Å². The molecule has 3 nitrogen and oxygen atoms in total. The molecule has 2 saturated heterocycles. The van der Waals surface area contributed by atoms with Crippen LogP contribution in [0.5, 0.6) is 0 Å². The van der Waals surface area contributed by atoms with Crippen LogP contribution in [0.4, 0.5) is 13.2 Å². The van der Waals surface area contributed by atoms with Gasteiger partial charge in [-0.2, -0.15) is 13.2 Å². The van der Waals surface area contributed by atoms with Crippen molar-refractivity contribution in [1.82, 2.24) is 10.2 Å². The molecule has 0 spiro atoms. The van der Waals surface area contributed by atoms with Crippen LogP contribution in [-0.2, 0) is 4.79 Å². The molecule has 86 valence electrons. The minimum absolute atomic E-state index is 0.199. The van der Waals surface area contributed by atoms with Gasteiger partial charge in [-0.05, 0) is 31.3 Å². The van der Waals surface area contributed by atoms with E-state index in [0.717, 1.165) is 24.4 Å². The lowest BCUT2D eigenvalue weighted by Crippen LogP contribution is -2.40. The van der Waals surface area contributed by atoms with E-state index in [-0.39, 0.29) is 24.9 Å². The fourth-order valence-corrected chi connectivity index (χ4v) is 2.42. The lowest BCUT2D eigenvalue weighted by molar-refractivity contribution is -0.184. The molecule has 2 fully saturated rings. The predicted octanol–water partition coefficient (Wildman–Crippen LogP) is 0.617. The maximum absolute atomic E-state index is 12.2. The number of fused-ring (bicyclic) bond motifs is 1. The van der Waals surface area contributed by atoms with E-state index < -0.39 is 12.1 Å². The van der Waals surface area contributed by atoms with Crippen molar-refractivity contribution in [2.24, 2.45) is 11.8 Å². The first-order valence-corrected chi connectivity index (χ1v) is 5.05. The van der Waals surface area contributed by atoms with Crippen LogP contribution < -0.4 is 5.32 Å². The largest absolute Gasteiger partial charge is 0.471 e. The summed E-state index contributed by atoms with van der Waals surface area (Å²) in [5.41, 5.74) is 0. The van der Waals surface area contributed by atoms with E-state index >= 15 is 0 Å². The fourth-order valence-electron chi connectivity index (χ4n) is 2.42. The number of alkyl halides is 3. The third kappa shape index (κ3) is 2.09. The number of hydrogen-bond donors (Lipinski definition) is 1. The van der Waals surface area contributed by atoms with Crippen LogP contribution in [-0.4, -0.2) is 43.2 Å². The Kier molecular flexibility index (Phi) is 2.62. The van der Waals surface area contributed by atoms with E-state index in [1.54, 1.807) is 0 Å². The van der Waals surface area contributed by atoms with E-state index in [9.17, 15) is 18.0 Å². The second-order valence-electron chi connectivity index (χ2n) is 4.22. The zero-order valence-electron chi connectivity index (χ0n) is 8.18. The quantitative estimate of drug-likeness (QED) is 0.651. The third-order valence-electron chi connectivity index (χ3n) is 3.20. The van der Waals surface area contributed by atoms with Gasteiger partial charge in [0.15, 0.2) is 0 Å². The summed E-state index contributed by atoms with van der Waals surface area (Å²) in [7, 11) is 0. The lowest BCUT2D eigenvalue weighted by Gasteiger charge is -2.23. The van der Waals surface area contributed by atoms with Gasteiger partial charge in [0.1, 0.15) is 0 Å². The van der Waals surface area contributed by atoms with Crippen molar-refractivity contribution in [3.63, 3.8) is 0 Å². The van der Waals surface area contributed by atoms with Crippen molar-refractivity contribution in [3.8, 4) is 0 Å². The van der Waals surface area contributed by atoms with Crippen LogP contribution in [0.2, 0.25) is 0 Å². The van der Waals surface area contributed by atoms with E-state index in [4.69, 9.17) is 0 Å². The number of likely N-dealkylation sites (tertiary alicyclic amines) is 1. The Bertz CT molecular complexity index is 253. The van der Waals surface area contributed by atoms with E-state index in [0.29, 0.717) is 0 Å². The number of piperidine rings is 1. The highest BCUT2D eigenvalue weighted by Crippen LogP contribution is 2.30. The molecule has 0 bridgehead atoms. The number of halogens is 3. The summed E-state index contributed by atoms with van der Waals surface area (Å²) in [6.45, 7) is 2.09. The van der Waals surface area contributed by atoms with Gasteiger partial charge in [0.2, 0.25) is 0 Å². The van der Waals surface area contributed by atoms with Gasteiger partial charge in [-0.3, -0.25) is 4.79 Å². The lowest BCUT2D eigenvalue weighted by atomic mass is 9.90. The maximum atomic E-state index is 12.2. The average molecular weight is 222 g/mol. The molecule has 2 heterocycles. The summed E-state index contributed by atoms with van der Waals surface area (Å²) < 4.78 is 36.5. The molecule has 0 aromatic heterocycles. The first kappa shape index (κ1) is 10.7. The molecule has 1 amide bonds. The summed E-state index contributed by atoms with van der Waals surface area (Å²) in [6.07, 6.45) is -3.85. The van der Waals surface area contributed by atoms with E-state index in [1.165, 1.54) is 0 Å². The van der Waals surface area contributed by atoms with Gasteiger partial charge in [0.05, 0.1) is 0 Å². The Morgan fingerprint density at radius 1 is 1.27 bits per heavy atom. The topological polar surface area (TPSA) is 32.3 Å². The molecule has 2 aliphatic heterocycles. The second-order valence-corrected chi connectivity index (χ2v) is 4.22. The predicted molar refractivity (Wildman–Crippen MR) is 47.1 cm³/mol. The highest BCUT2D eigenvalue weighted by atomic mass is 19.4. The molecule has 0 aliphatic carbocycles. The van der Waals surface area contributed by atoms with Crippen LogP contribution >= 0.6 is 0 Å². The van der Waals surface area contributed by atoms with E-state index in [1.807, 2.05) is 0 Å². The summed E-state index contributed by atoms with van der Waals surface area (Å²) in [6, 6.07) is 0. The first-order chi connectivity index (χ1) is 6.98. The second kappa shape index (κ2) is 3.66. The number of nitrogens with zero attached hydrogens (tertiary/aromatic N) is 1. The molecule has 0 saturated carbocycles. The molecule has 0 radical (unpaired) electrons. The Labute approximate surface area is 85.6 Å². The average Bonchev–Trinajstić information content (AvgIpc) is 2.58. The monoisotopic (exact) mass is 222 g/mol. The molecule has 2 atom stereocenters. The molecule has 2 aliphatic rings. The van der Waals surface area contributed by atoms with Crippen molar-refractivity contribution in [2.75, 3.05) is 26.2 Å². The molecule has 1 N–H and O–H groups in total. The number of carbonyl (C=O) groups is 1. The van der Waals surface area contributed by atoms with Crippen molar-refractivity contribution >= 4 is 5.91 Å². The van der Waals surface area contributed by atoms with Crippen molar-refractivity contribution in [3.05, 3.63) is 0 Å². The third-order valence-corrected chi connectivity index (χ3v) is 3.20. The Morgan fingerprint density at radius 3 is 2.53 bits per heavy atom. The standard InChI is InChI=1S/C9H13F3N2O/c10-9(11,12)8(15)14-4-6-1-2-13-3-7(6)5-14/h6-7,13H,1-5H2/t6-,7+/m0/s1. The number of hydrogen-bond acceptors (Lipinski definition) is 2. The van der Waals surface area contributed by atoms with Crippen molar-refractivity contribution < 1.29 is 18.0 Å². The first-order valence-electron chi connectivity index (χ1n) is 5.05. The molecule has 6 heteroatoms. The van der Waals surface area contributed by atoms with Crippen LogP contribution in [0.15, 0.2) is 0 Å². The maximum Gasteiger partial charge on any atom is 0.471 e. The summed E-state index contributed by atoms with van der Waals surface area (Å²) in [5, 5.41) is 3.14. The number of nitrogens with one attached hydrogen (secondary N) is 1. The van der Waals surface area contributed by atoms with Gasteiger partial charge in [-0.1, -0.05) is 0 Å². The van der Waals surface area contributed by atoms with Gasteiger partial charge in [-0.25, -0.2) is 0 Å². The highest BCUT2D eigenvalue weighted by Gasteiger charge is 2.47. The van der Waals surface area contributed by atoms with Crippen LogP contribution in [0.25, 0.3) is 0 Å². The SMILES string of the molecule is O=C(N1C[C@H]2CNCC[C@H]2C1)C(F)(F)F. The van der Waals surface area contributed by atoms with Gasteiger partial charge in [0.25, 0.3) is 0 Å². The summed E-state index contributed by atoms with van der Waals surface area (Å²) in [4.78, 5) is 11.9. The minimum Gasteiger partial charge on any atom is -0.334 e.